The maximum absolute atomic E-state index is 12.0. The highest BCUT2D eigenvalue weighted by molar-refractivity contribution is 7.12. The van der Waals surface area contributed by atoms with E-state index >= 15 is 0 Å². The van der Waals surface area contributed by atoms with Gasteiger partial charge in [-0.1, -0.05) is 36.4 Å². The maximum atomic E-state index is 12.0. The van der Waals surface area contributed by atoms with Crippen LogP contribution in [0.25, 0.3) is 0 Å². The fourth-order valence-corrected chi connectivity index (χ4v) is 2.19. The monoisotopic (exact) mass is 227 g/mol. The molecule has 2 aromatic rings. The van der Waals surface area contributed by atoms with Crippen molar-refractivity contribution in [1.82, 2.24) is 0 Å². The number of Topliss-reactive ketones (excluding diaryl/α,β-unsaturated/α-hetero) is 1. The van der Waals surface area contributed by atoms with Crippen molar-refractivity contribution in [2.75, 3.05) is 0 Å². The number of ketones is 1. The second-order valence-electron chi connectivity index (χ2n) is 3.31. The lowest BCUT2D eigenvalue weighted by Crippen LogP contribution is -2.09. The van der Waals surface area contributed by atoms with Crippen LogP contribution in [0.15, 0.2) is 47.8 Å². The molecule has 0 N–H and O–H groups in total. The minimum atomic E-state index is -0.695. The number of hydrogen-bond donors (Lipinski definition) is 0. The van der Waals surface area contributed by atoms with Gasteiger partial charge in [-0.2, -0.15) is 5.26 Å². The van der Waals surface area contributed by atoms with Crippen molar-refractivity contribution in [2.45, 2.75) is 5.92 Å². The zero-order chi connectivity index (χ0) is 11.4. The average Bonchev–Trinajstić information content (AvgIpc) is 2.85. The Bertz CT molecular complexity index is 511. The van der Waals surface area contributed by atoms with E-state index in [0.29, 0.717) is 4.88 Å². The highest BCUT2D eigenvalue weighted by Gasteiger charge is 2.21. The zero-order valence-electron chi connectivity index (χ0n) is 8.46. The van der Waals surface area contributed by atoms with E-state index < -0.39 is 5.92 Å². The Kier molecular flexibility index (Phi) is 3.13. The van der Waals surface area contributed by atoms with Gasteiger partial charge in [-0.15, -0.1) is 11.3 Å². The first-order chi connectivity index (χ1) is 7.83. The predicted octanol–water partition coefficient (Wildman–Crippen LogP) is 3.24. The highest BCUT2D eigenvalue weighted by Crippen LogP contribution is 2.22. The summed E-state index contributed by atoms with van der Waals surface area (Å²) in [6.07, 6.45) is 0. The van der Waals surface area contributed by atoms with Gasteiger partial charge in [-0.3, -0.25) is 4.79 Å². The van der Waals surface area contributed by atoms with E-state index in [-0.39, 0.29) is 5.78 Å². The topological polar surface area (TPSA) is 40.9 Å². The standard InChI is InChI=1S/C13H9NOS/c14-9-11(10-5-2-1-3-6-10)13(15)12-7-4-8-16-12/h1-8,11H. The van der Waals surface area contributed by atoms with Crippen LogP contribution in [-0.4, -0.2) is 5.78 Å². The lowest BCUT2D eigenvalue weighted by Gasteiger charge is -2.06. The quantitative estimate of drug-likeness (QED) is 0.755. The molecule has 0 aliphatic rings. The van der Waals surface area contributed by atoms with Crippen molar-refractivity contribution in [2.24, 2.45) is 0 Å². The number of nitrogens with zero attached hydrogens (tertiary/aromatic N) is 1. The number of carbonyl (C=O) groups excluding carboxylic acids is 1. The third-order valence-corrected chi connectivity index (χ3v) is 3.17. The first-order valence-corrected chi connectivity index (χ1v) is 5.73. The number of nitriles is 1. The molecule has 0 fully saturated rings. The molecule has 0 amide bonds. The molecule has 0 aliphatic heterocycles. The van der Waals surface area contributed by atoms with Gasteiger partial charge in [0.25, 0.3) is 0 Å². The number of hydrogen-bond acceptors (Lipinski definition) is 3. The molecule has 0 spiro atoms. The minimum Gasteiger partial charge on any atom is -0.291 e. The Labute approximate surface area is 97.8 Å². The molecule has 3 heteroatoms. The fraction of sp³-hybridized carbons (Fsp3) is 0.0769. The molecular formula is C13H9NOS. The second-order valence-corrected chi connectivity index (χ2v) is 4.26. The first kappa shape index (κ1) is 10.6. The predicted molar refractivity (Wildman–Crippen MR) is 63.4 cm³/mol. The summed E-state index contributed by atoms with van der Waals surface area (Å²) >= 11 is 1.37. The number of benzene rings is 1. The smallest absolute Gasteiger partial charge is 0.194 e. The summed E-state index contributed by atoms with van der Waals surface area (Å²) in [6.45, 7) is 0. The molecule has 0 bridgehead atoms. The Balaban J connectivity index is 2.32. The van der Waals surface area contributed by atoms with Gasteiger partial charge in [0, 0.05) is 0 Å². The Hall–Kier alpha value is -1.92. The zero-order valence-corrected chi connectivity index (χ0v) is 9.28. The molecule has 2 rings (SSSR count). The van der Waals surface area contributed by atoms with Gasteiger partial charge in [0.05, 0.1) is 10.9 Å². The third kappa shape index (κ3) is 2.02. The van der Waals surface area contributed by atoms with Crippen molar-refractivity contribution in [3.8, 4) is 6.07 Å². The van der Waals surface area contributed by atoms with Crippen LogP contribution in [-0.2, 0) is 0 Å². The summed E-state index contributed by atoms with van der Waals surface area (Å²) in [7, 11) is 0. The molecule has 0 saturated carbocycles. The third-order valence-electron chi connectivity index (χ3n) is 2.29. The van der Waals surface area contributed by atoms with E-state index in [0.717, 1.165) is 5.56 Å². The van der Waals surface area contributed by atoms with E-state index in [1.807, 2.05) is 29.6 Å². The normalized spacial score (nSPS) is 11.7. The lowest BCUT2D eigenvalue weighted by molar-refractivity contribution is 0.0983. The van der Waals surface area contributed by atoms with Crippen LogP contribution >= 0.6 is 11.3 Å². The summed E-state index contributed by atoms with van der Waals surface area (Å²) in [5, 5.41) is 10.9. The van der Waals surface area contributed by atoms with E-state index in [9.17, 15) is 4.79 Å². The summed E-state index contributed by atoms with van der Waals surface area (Å²) in [4.78, 5) is 12.7. The van der Waals surface area contributed by atoms with Gasteiger partial charge in [0.1, 0.15) is 5.92 Å². The Morgan fingerprint density at radius 3 is 2.50 bits per heavy atom. The summed E-state index contributed by atoms with van der Waals surface area (Å²) < 4.78 is 0. The van der Waals surface area contributed by atoms with Gasteiger partial charge in [0.15, 0.2) is 5.78 Å². The van der Waals surface area contributed by atoms with Gasteiger partial charge >= 0.3 is 0 Å². The van der Waals surface area contributed by atoms with Crippen LogP contribution in [0.5, 0.6) is 0 Å². The van der Waals surface area contributed by atoms with Gasteiger partial charge in [-0.25, -0.2) is 0 Å². The Morgan fingerprint density at radius 1 is 1.19 bits per heavy atom. The summed E-state index contributed by atoms with van der Waals surface area (Å²) in [6, 6.07) is 14.8. The molecule has 1 atom stereocenters. The van der Waals surface area contributed by atoms with Crippen LogP contribution in [0.1, 0.15) is 21.2 Å². The van der Waals surface area contributed by atoms with Crippen LogP contribution in [0, 0.1) is 11.3 Å². The van der Waals surface area contributed by atoms with Gasteiger partial charge in [-0.05, 0) is 17.0 Å². The molecule has 0 saturated heterocycles. The molecule has 16 heavy (non-hydrogen) atoms. The van der Waals surface area contributed by atoms with Crippen molar-refractivity contribution in [1.29, 1.82) is 5.26 Å². The van der Waals surface area contributed by atoms with Crippen LogP contribution in [0.4, 0.5) is 0 Å². The van der Waals surface area contributed by atoms with Crippen molar-refractivity contribution in [3.05, 3.63) is 58.3 Å². The SMILES string of the molecule is N#CC(C(=O)c1cccs1)c1ccccc1. The van der Waals surface area contributed by atoms with Crippen LogP contribution in [0.2, 0.25) is 0 Å². The molecule has 0 aliphatic carbocycles. The summed E-state index contributed by atoms with van der Waals surface area (Å²) in [5.74, 6) is -0.816. The molecular weight excluding hydrogens is 218 g/mol. The van der Waals surface area contributed by atoms with Gasteiger partial charge < -0.3 is 0 Å². The van der Waals surface area contributed by atoms with Crippen molar-refractivity contribution >= 4 is 17.1 Å². The van der Waals surface area contributed by atoms with Crippen molar-refractivity contribution < 1.29 is 4.79 Å². The number of carbonyl (C=O) groups is 1. The fourth-order valence-electron chi connectivity index (χ4n) is 1.49. The minimum absolute atomic E-state index is 0.122. The van der Waals surface area contributed by atoms with Crippen LogP contribution < -0.4 is 0 Å². The summed E-state index contributed by atoms with van der Waals surface area (Å²) in [5.41, 5.74) is 0.753. The number of thiophene rings is 1. The molecule has 1 heterocycles. The largest absolute Gasteiger partial charge is 0.291 e. The highest BCUT2D eigenvalue weighted by atomic mass is 32.1. The maximum Gasteiger partial charge on any atom is 0.194 e. The van der Waals surface area contributed by atoms with Crippen LogP contribution in [0.3, 0.4) is 0 Å². The van der Waals surface area contributed by atoms with Gasteiger partial charge in [0.2, 0.25) is 0 Å². The second kappa shape index (κ2) is 4.73. The molecule has 0 radical (unpaired) electrons. The molecule has 1 aromatic heterocycles. The Morgan fingerprint density at radius 2 is 1.94 bits per heavy atom. The molecule has 1 unspecified atom stereocenters. The molecule has 78 valence electrons. The lowest BCUT2D eigenvalue weighted by atomic mass is 9.95. The van der Waals surface area contributed by atoms with Crippen molar-refractivity contribution in [3.63, 3.8) is 0 Å². The molecule has 2 nitrogen and oxygen atoms in total. The first-order valence-electron chi connectivity index (χ1n) is 4.85. The van der Waals surface area contributed by atoms with E-state index in [2.05, 4.69) is 6.07 Å². The van der Waals surface area contributed by atoms with E-state index in [4.69, 9.17) is 5.26 Å². The molecule has 1 aromatic carbocycles. The van der Waals surface area contributed by atoms with E-state index in [1.54, 1.807) is 18.2 Å². The average molecular weight is 227 g/mol. The van der Waals surface area contributed by atoms with E-state index in [1.165, 1.54) is 11.3 Å². The number of rotatable bonds is 3.